The van der Waals surface area contributed by atoms with Crippen molar-refractivity contribution in [3.05, 3.63) is 24.3 Å². The second kappa shape index (κ2) is 40.4. The van der Waals surface area contributed by atoms with Gasteiger partial charge < -0.3 is 34.3 Å². The molecule has 370 valence electrons. The Morgan fingerprint density at radius 1 is 0.540 bits per heavy atom. The van der Waals surface area contributed by atoms with Crippen molar-refractivity contribution < 1.29 is 56.8 Å². The van der Waals surface area contributed by atoms with Gasteiger partial charge >= 0.3 is 11.9 Å². The normalized spacial score (nSPS) is 19.9. The van der Waals surface area contributed by atoms with Crippen LogP contribution in [0.2, 0.25) is 0 Å². The van der Waals surface area contributed by atoms with Gasteiger partial charge in [0.05, 0.1) is 6.61 Å². The molecular formula is C50H92O12S. The van der Waals surface area contributed by atoms with Crippen molar-refractivity contribution >= 4 is 22.1 Å². The maximum absolute atomic E-state index is 12.9. The van der Waals surface area contributed by atoms with Gasteiger partial charge in [0.2, 0.25) is 0 Å². The van der Waals surface area contributed by atoms with E-state index in [1.54, 1.807) is 0 Å². The van der Waals surface area contributed by atoms with Crippen molar-refractivity contribution in [1.82, 2.24) is 0 Å². The number of ether oxygens (including phenoxy) is 4. The van der Waals surface area contributed by atoms with Crippen LogP contribution in [-0.2, 0) is 38.7 Å². The predicted molar refractivity (Wildman–Crippen MR) is 252 cm³/mol. The van der Waals surface area contributed by atoms with Crippen molar-refractivity contribution in [3.8, 4) is 0 Å². The second-order valence-electron chi connectivity index (χ2n) is 17.8. The van der Waals surface area contributed by atoms with Crippen LogP contribution in [0.15, 0.2) is 24.3 Å². The average molecular weight is 917 g/mol. The Balaban J connectivity index is 2.39. The van der Waals surface area contributed by atoms with Gasteiger partial charge in [0.15, 0.2) is 12.4 Å². The topological polar surface area (TPSA) is 186 Å². The van der Waals surface area contributed by atoms with Crippen LogP contribution in [0.5, 0.6) is 0 Å². The minimum atomic E-state index is -4.60. The van der Waals surface area contributed by atoms with Crippen molar-refractivity contribution in [1.29, 1.82) is 0 Å². The highest BCUT2D eigenvalue weighted by Crippen LogP contribution is 2.24. The fourth-order valence-electron chi connectivity index (χ4n) is 7.83. The fourth-order valence-corrected chi connectivity index (χ4v) is 8.52. The van der Waals surface area contributed by atoms with Crippen LogP contribution < -0.4 is 0 Å². The molecular weight excluding hydrogens is 825 g/mol. The smallest absolute Gasteiger partial charge is 0.306 e. The Bertz CT molecular complexity index is 1260. The summed E-state index contributed by atoms with van der Waals surface area (Å²) in [7, 11) is -4.60. The largest absolute Gasteiger partial charge is 0.462 e. The van der Waals surface area contributed by atoms with Gasteiger partial charge in [-0.05, 0) is 44.9 Å². The number of esters is 2. The van der Waals surface area contributed by atoms with E-state index in [0.717, 1.165) is 57.8 Å². The molecule has 13 heteroatoms. The average Bonchev–Trinajstić information content (AvgIpc) is 3.25. The van der Waals surface area contributed by atoms with E-state index in [1.165, 1.54) is 128 Å². The molecule has 0 saturated carbocycles. The van der Waals surface area contributed by atoms with Crippen molar-refractivity contribution in [3.63, 3.8) is 0 Å². The highest BCUT2D eigenvalue weighted by molar-refractivity contribution is 7.85. The third kappa shape index (κ3) is 35.1. The maximum Gasteiger partial charge on any atom is 0.306 e. The van der Waals surface area contributed by atoms with Crippen LogP contribution in [0, 0.1) is 0 Å². The van der Waals surface area contributed by atoms with Crippen LogP contribution in [0.1, 0.15) is 226 Å². The zero-order valence-corrected chi connectivity index (χ0v) is 40.5. The molecule has 0 aromatic rings. The number of hydrogen-bond donors (Lipinski definition) is 4. The molecule has 0 radical (unpaired) electrons. The first-order valence-corrected chi connectivity index (χ1v) is 27.0. The summed E-state index contributed by atoms with van der Waals surface area (Å²) >= 11 is 0. The molecule has 0 amide bonds. The molecule has 6 atom stereocenters. The molecule has 63 heavy (non-hydrogen) atoms. The lowest BCUT2D eigenvalue weighted by atomic mass is 10.00. The lowest BCUT2D eigenvalue weighted by Crippen LogP contribution is -2.60. The zero-order valence-electron chi connectivity index (χ0n) is 39.7. The van der Waals surface area contributed by atoms with E-state index >= 15 is 0 Å². The summed E-state index contributed by atoms with van der Waals surface area (Å²) in [4.78, 5) is 25.5. The third-order valence-corrected chi connectivity index (χ3v) is 12.5. The van der Waals surface area contributed by atoms with Crippen molar-refractivity contribution in [2.75, 3.05) is 19.0 Å². The Hall–Kier alpha value is -1.87. The molecule has 0 spiro atoms. The lowest BCUT2D eigenvalue weighted by Gasteiger charge is -2.40. The van der Waals surface area contributed by atoms with E-state index in [2.05, 4.69) is 38.2 Å². The van der Waals surface area contributed by atoms with Gasteiger partial charge in [0.1, 0.15) is 36.8 Å². The summed E-state index contributed by atoms with van der Waals surface area (Å²) in [5.41, 5.74) is 0. The van der Waals surface area contributed by atoms with E-state index < -0.39 is 71.2 Å². The molecule has 4 N–H and O–H groups in total. The van der Waals surface area contributed by atoms with Crippen LogP contribution in [0.3, 0.4) is 0 Å². The maximum atomic E-state index is 12.9. The number of allylic oxidation sites excluding steroid dienone is 4. The van der Waals surface area contributed by atoms with Gasteiger partial charge in [-0.1, -0.05) is 192 Å². The van der Waals surface area contributed by atoms with E-state index in [1.807, 2.05) is 0 Å². The second-order valence-corrected chi connectivity index (χ2v) is 19.3. The third-order valence-electron chi connectivity index (χ3n) is 11.8. The highest BCUT2D eigenvalue weighted by atomic mass is 32.2. The van der Waals surface area contributed by atoms with Crippen LogP contribution >= 0.6 is 0 Å². The molecule has 12 nitrogen and oxygen atoms in total. The first-order chi connectivity index (χ1) is 30.5. The van der Waals surface area contributed by atoms with E-state index in [9.17, 15) is 37.9 Å². The monoisotopic (exact) mass is 917 g/mol. The molecule has 1 saturated heterocycles. The Morgan fingerprint density at radius 3 is 1.41 bits per heavy atom. The molecule has 0 aliphatic carbocycles. The van der Waals surface area contributed by atoms with Gasteiger partial charge in [-0.3, -0.25) is 14.1 Å². The Labute approximate surface area is 383 Å². The Morgan fingerprint density at radius 2 is 0.952 bits per heavy atom. The number of carbonyl (C=O) groups is 2. The Kier molecular flexibility index (Phi) is 37.9. The summed E-state index contributed by atoms with van der Waals surface area (Å²) in [6.07, 6.45) is 36.4. The summed E-state index contributed by atoms with van der Waals surface area (Å²) < 4.78 is 54.2. The zero-order chi connectivity index (χ0) is 46.2. The lowest BCUT2D eigenvalue weighted by molar-refractivity contribution is -0.297. The van der Waals surface area contributed by atoms with E-state index in [0.29, 0.717) is 12.8 Å². The standard InChI is InChI=1S/C50H92O12S/c1-3-5-7-9-11-13-15-17-19-21-23-25-27-29-31-33-35-37-39-46(52)61-43(41-60-50-49(55)48(54)47(53)44(62-50)42-63(56,57)58)40-59-45(51)38-36-34-32-30-28-26-24-22-20-18-16-14-12-10-8-6-4-2/h13,15,19,21,43-44,47-50,53-55H,3-12,14,16-18,20,22-42H2,1-2H3,(H,56,57,58)/b15-13-,21-19-. The molecule has 1 aliphatic heterocycles. The van der Waals surface area contributed by atoms with Gasteiger partial charge in [-0.2, -0.15) is 8.42 Å². The van der Waals surface area contributed by atoms with Crippen LogP contribution in [-0.4, -0.2) is 96.0 Å². The molecule has 0 aromatic heterocycles. The highest BCUT2D eigenvalue weighted by Gasteiger charge is 2.46. The van der Waals surface area contributed by atoms with Gasteiger partial charge in [-0.25, -0.2) is 0 Å². The number of aliphatic hydroxyl groups is 3. The van der Waals surface area contributed by atoms with Gasteiger partial charge in [0, 0.05) is 12.8 Å². The van der Waals surface area contributed by atoms with Gasteiger partial charge in [0.25, 0.3) is 10.1 Å². The first-order valence-electron chi connectivity index (χ1n) is 25.4. The van der Waals surface area contributed by atoms with Crippen molar-refractivity contribution in [2.45, 2.75) is 263 Å². The molecule has 1 fully saturated rings. The number of unbranched alkanes of at least 4 members (excludes halogenated alkanes) is 27. The summed E-state index contributed by atoms with van der Waals surface area (Å²) in [6.45, 7) is 3.77. The van der Waals surface area contributed by atoms with Gasteiger partial charge in [-0.15, -0.1) is 0 Å². The fraction of sp³-hybridized carbons (Fsp3) is 0.880. The van der Waals surface area contributed by atoms with E-state index in [4.69, 9.17) is 18.9 Å². The minimum absolute atomic E-state index is 0.158. The number of aliphatic hydroxyl groups excluding tert-OH is 3. The first kappa shape index (κ1) is 59.1. The molecule has 1 aliphatic rings. The summed E-state index contributed by atoms with van der Waals surface area (Å²) in [5, 5.41) is 31.0. The summed E-state index contributed by atoms with van der Waals surface area (Å²) in [6, 6.07) is 0. The number of carbonyl (C=O) groups excluding carboxylic acids is 2. The molecule has 6 unspecified atom stereocenters. The molecule has 0 aromatic carbocycles. The van der Waals surface area contributed by atoms with Crippen molar-refractivity contribution in [2.24, 2.45) is 0 Å². The van der Waals surface area contributed by atoms with Crippen LogP contribution in [0.25, 0.3) is 0 Å². The number of rotatable bonds is 43. The quantitative estimate of drug-likeness (QED) is 0.0197. The summed E-state index contributed by atoms with van der Waals surface area (Å²) in [5.74, 6) is -1.98. The van der Waals surface area contributed by atoms with Crippen LogP contribution in [0.4, 0.5) is 0 Å². The molecule has 1 heterocycles. The predicted octanol–water partition coefficient (Wildman–Crippen LogP) is 11.2. The minimum Gasteiger partial charge on any atom is -0.462 e. The molecule has 0 bridgehead atoms. The molecule has 1 rings (SSSR count). The SMILES string of the molecule is CCCCCC/C=C\C/C=C\CCCCCCCCCC(=O)OC(COC(=O)CCCCCCCCCCCCCCCCCCC)COC1OC(CS(=O)(=O)O)C(O)C(O)C1O. The van der Waals surface area contributed by atoms with E-state index in [-0.39, 0.29) is 19.4 Å². The number of hydrogen-bond acceptors (Lipinski definition) is 11.